The summed E-state index contributed by atoms with van der Waals surface area (Å²) in [7, 11) is 0. The molecule has 4 atom stereocenters. The zero-order valence-electron chi connectivity index (χ0n) is 15.8. The molecule has 3 fully saturated rings. The number of halogens is 2. The van der Waals surface area contributed by atoms with E-state index in [0.29, 0.717) is 34.9 Å². The van der Waals surface area contributed by atoms with Gasteiger partial charge in [-0.1, -0.05) is 11.6 Å². The van der Waals surface area contributed by atoms with Crippen LogP contribution in [0.1, 0.15) is 18.4 Å². The number of benzene rings is 2. The monoisotopic (exact) mass is 425 g/mol. The number of hydrogen-bond acceptors (Lipinski definition) is 4. The molecule has 6 nitrogen and oxygen atoms in total. The van der Waals surface area contributed by atoms with E-state index in [0.717, 1.165) is 6.42 Å². The van der Waals surface area contributed by atoms with Crippen LogP contribution < -0.4 is 10.2 Å². The van der Waals surface area contributed by atoms with Crippen LogP contribution in [-0.2, 0) is 19.9 Å². The first kappa shape index (κ1) is 18.0. The minimum atomic E-state index is -1.36. The van der Waals surface area contributed by atoms with Gasteiger partial charge in [-0.05, 0) is 61.9 Å². The Hall–Kier alpha value is -2.77. The van der Waals surface area contributed by atoms with Crippen molar-refractivity contribution in [3.63, 3.8) is 0 Å². The van der Waals surface area contributed by atoms with Gasteiger partial charge in [-0.15, -0.1) is 0 Å². The summed E-state index contributed by atoms with van der Waals surface area (Å²) in [6.07, 6.45) is 1.53. The van der Waals surface area contributed by atoms with Crippen LogP contribution in [0.2, 0.25) is 5.02 Å². The lowest BCUT2D eigenvalue weighted by Crippen LogP contribution is -2.54. The molecule has 4 aliphatic heterocycles. The van der Waals surface area contributed by atoms with Gasteiger partial charge in [-0.2, -0.15) is 0 Å². The molecule has 0 unspecified atom stereocenters. The highest BCUT2D eigenvalue weighted by Gasteiger charge is 2.74. The Morgan fingerprint density at radius 2 is 1.83 bits per heavy atom. The zero-order valence-corrected chi connectivity index (χ0v) is 16.5. The van der Waals surface area contributed by atoms with E-state index in [1.165, 1.54) is 23.1 Å². The third kappa shape index (κ3) is 1.99. The van der Waals surface area contributed by atoms with Crippen molar-refractivity contribution in [1.29, 1.82) is 0 Å². The van der Waals surface area contributed by atoms with E-state index in [4.69, 9.17) is 11.6 Å². The second kappa shape index (κ2) is 5.89. The third-order valence-electron chi connectivity index (χ3n) is 7.04. The molecule has 152 valence electrons. The first-order chi connectivity index (χ1) is 14.4. The number of amides is 3. The van der Waals surface area contributed by atoms with Gasteiger partial charge in [0, 0.05) is 22.3 Å². The van der Waals surface area contributed by atoms with Crippen molar-refractivity contribution in [2.24, 2.45) is 11.8 Å². The average Bonchev–Trinajstić information content (AvgIpc) is 3.42. The molecule has 2 aromatic carbocycles. The average molecular weight is 426 g/mol. The molecule has 0 saturated carbocycles. The van der Waals surface area contributed by atoms with Gasteiger partial charge in [0.1, 0.15) is 11.4 Å². The molecule has 30 heavy (non-hydrogen) atoms. The second-order valence-electron chi connectivity index (χ2n) is 8.31. The highest BCUT2D eigenvalue weighted by atomic mass is 35.5. The van der Waals surface area contributed by atoms with Crippen molar-refractivity contribution in [2.45, 2.75) is 24.4 Å². The molecule has 4 heterocycles. The summed E-state index contributed by atoms with van der Waals surface area (Å²) in [5.41, 5.74) is 0.0160. The van der Waals surface area contributed by atoms with Crippen LogP contribution in [0.5, 0.6) is 0 Å². The zero-order chi connectivity index (χ0) is 20.8. The third-order valence-corrected chi connectivity index (χ3v) is 7.29. The molecule has 6 rings (SSSR count). The quantitative estimate of drug-likeness (QED) is 0.713. The van der Waals surface area contributed by atoms with Crippen LogP contribution >= 0.6 is 11.6 Å². The van der Waals surface area contributed by atoms with E-state index in [1.807, 2.05) is 4.90 Å². The van der Waals surface area contributed by atoms with Gasteiger partial charge in [0.15, 0.2) is 0 Å². The minimum absolute atomic E-state index is 0.233. The van der Waals surface area contributed by atoms with Crippen molar-refractivity contribution in [2.75, 3.05) is 16.8 Å². The number of imide groups is 1. The van der Waals surface area contributed by atoms with Gasteiger partial charge in [0.25, 0.3) is 0 Å². The molecule has 8 heteroatoms. The molecule has 0 aliphatic carbocycles. The van der Waals surface area contributed by atoms with Gasteiger partial charge >= 0.3 is 0 Å². The van der Waals surface area contributed by atoms with Crippen molar-refractivity contribution < 1.29 is 18.8 Å². The van der Waals surface area contributed by atoms with Crippen LogP contribution in [-0.4, -0.2) is 35.2 Å². The summed E-state index contributed by atoms with van der Waals surface area (Å²) in [5, 5.41) is 3.33. The van der Waals surface area contributed by atoms with Crippen LogP contribution in [0.15, 0.2) is 42.5 Å². The standard InChI is InChI=1S/C22H17ClFN3O3/c23-11-3-6-13(7-4-11)27-19(28)17-16-2-1-9-26(16)22(18(17)20(27)29)14-10-12(24)5-8-15(14)25-21(22)30/h3-8,10,16-18H,1-2,9H2,(H,25,30)/t16-,17+,18+,22+/m0/s1. The number of nitrogens with one attached hydrogen (secondary N) is 1. The topological polar surface area (TPSA) is 69.7 Å². The van der Waals surface area contributed by atoms with E-state index in [1.54, 1.807) is 24.3 Å². The fourth-order valence-electron chi connectivity index (χ4n) is 6.02. The Bertz CT molecular complexity index is 1140. The molecule has 0 bridgehead atoms. The van der Waals surface area contributed by atoms with Crippen molar-refractivity contribution in [3.8, 4) is 0 Å². The number of fused-ring (bicyclic) bond motifs is 7. The Balaban J connectivity index is 1.56. The Morgan fingerprint density at radius 3 is 2.60 bits per heavy atom. The van der Waals surface area contributed by atoms with E-state index in [-0.39, 0.29) is 17.9 Å². The molecular weight excluding hydrogens is 409 g/mol. The van der Waals surface area contributed by atoms with Crippen molar-refractivity contribution in [3.05, 3.63) is 58.9 Å². The van der Waals surface area contributed by atoms with Gasteiger partial charge in [-0.3, -0.25) is 19.3 Å². The molecular formula is C22H17ClFN3O3. The summed E-state index contributed by atoms with van der Waals surface area (Å²) >= 11 is 5.97. The SMILES string of the molecule is O=C1[C@@H]2[C@@H]3CCCN3[C@@]3(C(=O)Nc4ccc(F)cc43)[C@H]2C(=O)N1c1ccc(Cl)cc1. The lowest BCUT2D eigenvalue weighted by molar-refractivity contribution is -0.135. The van der Waals surface area contributed by atoms with Gasteiger partial charge in [0.2, 0.25) is 17.7 Å². The molecule has 1 N–H and O–H groups in total. The summed E-state index contributed by atoms with van der Waals surface area (Å²) in [6.45, 7) is 0.586. The lowest BCUT2D eigenvalue weighted by Gasteiger charge is -2.36. The second-order valence-corrected chi connectivity index (χ2v) is 8.74. The number of carbonyl (C=O) groups excluding carboxylic acids is 3. The summed E-state index contributed by atoms with van der Waals surface area (Å²) in [6, 6.07) is 10.4. The summed E-state index contributed by atoms with van der Waals surface area (Å²) in [4.78, 5) is 43.7. The Morgan fingerprint density at radius 1 is 1.07 bits per heavy atom. The first-order valence-corrected chi connectivity index (χ1v) is 10.3. The van der Waals surface area contributed by atoms with Gasteiger partial charge in [0.05, 0.1) is 17.5 Å². The summed E-state index contributed by atoms with van der Waals surface area (Å²) in [5.74, 6) is -3.10. The van der Waals surface area contributed by atoms with Crippen LogP contribution in [0.3, 0.4) is 0 Å². The van der Waals surface area contributed by atoms with Gasteiger partial charge < -0.3 is 5.32 Å². The smallest absolute Gasteiger partial charge is 0.250 e. The fraction of sp³-hybridized carbons (Fsp3) is 0.318. The lowest BCUT2D eigenvalue weighted by atomic mass is 9.75. The Labute approximate surface area is 176 Å². The molecule has 0 aromatic heterocycles. The molecule has 4 aliphatic rings. The molecule has 2 aromatic rings. The van der Waals surface area contributed by atoms with Crippen LogP contribution in [0.25, 0.3) is 0 Å². The molecule has 0 radical (unpaired) electrons. The van der Waals surface area contributed by atoms with E-state index in [2.05, 4.69) is 5.32 Å². The van der Waals surface area contributed by atoms with E-state index in [9.17, 15) is 18.8 Å². The van der Waals surface area contributed by atoms with Gasteiger partial charge in [-0.25, -0.2) is 9.29 Å². The highest BCUT2D eigenvalue weighted by molar-refractivity contribution is 6.31. The highest BCUT2D eigenvalue weighted by Crippen LogP contribution is 2.60. The van der Waals surface area contributed by atoms with E-state index < -0.39 is 29.1 Å². The minimum Gasteiger partial charge on any atom is -0.324 e. The number of hydrogen-bond donors (Lipinski definition) is 1. The predicted molar refractivity (Wildman–Crippen MR) is 107 cm³/mol. The maximum absolute atomic E-state index is 14.2. The first-order valence-electron chi connectivity index (χ1n) is 9.96. The maximum atomic E-state index is 14.2. The molecule has 1 spiro atoms. The molecule has 3 saturated heterocycles. The van der Waals surface area contributed by atoms with E-state index >= 15 is 0 Å². The van der Waals surface area contributed by atoms with Crippen molar-refractivity contribution in [1.82, 2.24) is 4.90 Å². The predicted octanol–water partition coefficient (Wildman–Crippen LogP) is 2.91. The van der Waals surface area contributed by atoms with Crippen molar-refractivity contribution >= 4 is 40.7 Å². The fourth-order valence-corrected chi connectivity index (χ4v) is 6.15. The molecule has 3 amide bonds. The number of nitrogens with zero attached hydrogens (tertiary/aromatic N) is 2. The number of rotatable bonds is 1. The summed E-state index contributed by atoms with van der Waals surface area (Å²) < 4.78 is 14.2. The normalized spacial score (nSPS) is 32.0. The number of carbonyl (C=O) groups is 3. The van der Waals surface area contributed by atoms with Crippen LogP contribution in [0, 0.1) is 17.7 Å². The van der Waals surface area contributed by atoms with Crippen LogP contribution in [0.4, 0.5) is 15.8 Å². The largest absolute Gasteiger partial charge is 0.324 e. The maximum Gasteiger partial charge on any atom is 0.250 e. The number of anilines is 2. The Kier molecular flexibility index (Phi) is 3.54.